The summed E-state index contributed by atoms with van der Waals surface area (Å²) in [7, 11) is 0. The van der Waals surface area contributed by atoms with Crippen LogP contribution in [0.4, 0.5) is 10.1 Å². The molecule has 2 N–H and O–H groups in total. The molecule has 0 atom stereocenters. The molecule has 0 amide bonds. The van der Waals surface area contributed by atoms with Gasteiger partial charge in [-0.3, -0.25) is 0 Å². The summed E-state index contributed by atoms with van der Waals surface area (Å²) in [6.45, 7) is 0.308. The van der Waals surface area contributed by atoms with Gasteiger partial charge < -0.3 is 10.5 Å². The Morgan fingerprint density at radius 3 is 2.44 bits per heavy atom. The van der Waals surface area contributed by atoms with Crippen molar-refractivity contribution in [3.05, 3.63) is 57.8 Å². The van der Waals surface area contributed by atoms with Crippen molar-refractivity contribution in [1.29, 1.82) is 0 Å². The van der Waals surface area contributed by atoms with Gasteiger partial charge in [0.1, 0.15) is 18.2 Å². The zero-order chi connectivity index (χ0) is 13.1. The molecule has 0 heterocycles. The summed E-state index contributed by atoms with van der Waals surface area (Å²) in [4.78, 5) is 0. The number of anilines is 1. The first kappa shape index (κ1) is 13.0. The Hall–Kier alpha value is -1.45. The first-order valence-electron chi connectivity index (χ1n) is 5.18. The molecule has 0 aliphatic rings. The van der Waals surface area contributed by atoms with Crippen molar-refractivity contribution in [3.8, 4) is 5.75 Å². The van der Waals surface area contributed by atoms with Gasteiger partial charge in [0.05, 0.1) is 10.7 Å². The van der Waals surface area contributed by atoms with Crippen molar-refractivity contribution in [2.24, 2.45) is 0 Å². The highest BCUT2D eigenvalue weighted by Gasteiger charge is 2.07. The van der Waals surface area contributed by atoms with Gasteiger partial charge in [-0.15, -0.1) is 0 Å². The molecule has 2 nitrogen and oxygen atoms in total. The van der Waals surface area contributed by atoms with Crippen LogP contribution in [0, 0.1) is 5.82 Å². The first-order valence-corrected chi connectivity index (χ1v) is 5.93. The second-order valence-electron chi connectivity index (χ2n) is 3.72. The van der Waals surface area contributed by atoms with E-state index < -0.39 is 5.82 Å². The zero-order valence-electron chi connectivity index (χ0n) is 9.29. The van der Waals surface area contributed by atoms with Crippen molar-refractivity contribution in [2.45, 2.75) is 6.61 Å². The summed E-state index contributed by atoms with van der Waals surface area (Å²) < 4.78 is 18.6. The summed E-state index contributed by atoms with van der Waals surface area (Å²) in [6, 6.07) is 9.70. The predicted molar refractivity (Wildman–Crippen MR) is 71.6 cm³/mol. The Balaban J connectivity index is 2.10. The topological polar surface area (TPSA) is 35.2 Å². The van der Waals surface area contributed by atoms with Gasteiger partial charge in [-0.2, -0.15) is 0 Å². The summed E-state index contributed by atoms with van der Waals surface area (Å²) in [5, 5.41) is 0.846. The smallest absolute Gasteiger partial charge is 0.147 e. The lowest BCUT2D eigenvalue weighted by molar-refractivity contribution is 0.306. The number of halogens is 3. The fourth-order valence-corrected chi connectivity index (χ4v) is 1.73. The molecule has 0 radical (unpaired) electrons. The van der Waals surface area contributed by atoms with Crippen LogP contribution in [0.5, 0.6) is 5.75 Å². The van der Waals surface area contributed by atoms with Gasteiger partial charge in [0.25, 0.3) is 0 Å². The van der Waals surface area contributed by atoms with Gasteiger partial charge in [-0.05, 0) is 23.8 Å². The van der Waals surface area contributed by atoms with Crippen LogP contribution in [-0.2, 0) is 6.61 Å². The van der Waals surface area contributed by atoms with E-state index in [-0.39, 0.29) is 10.7 Å². The highest BCUT2D eigenvalue weighted by Crippen LogP contribution is 2.29. The molecule has 2 rings (SSSR count). The lowest BCUT2D eigenvalue weighted by Gasteiger charge is -2.09. The third-order valence-corrected chi connectivity index (χ3v) is 2.91. The fraction of sp³-hybridized carbons (Fsp3) is 0.0769. The van der Waals surface area contributed by atoms with Crippen molar-refractivity contribution < 1.29 is 9.13 Å². The Kier molecular flexibility index (Phi) is 3.94. The second kappa shape index (κ2) is 5.46. The Bertz CT molecular complexity index is 558. The lowest BCUT2D eigenvalue weighted by Crippen LogP contribution is -1.98. The number of ether oxygens (including phenoxy) is 1. The SMILES string of the molecule is Nc1cc(OCc2ccc(Cl)cc2)c(Cl)cc1F. The third-order valence-electron chi connectivity index (χ3n) is 2.36. The van der Waals surface area contributed by atoms with Crippen LogP contribution in [0.2, 0.25) is 10.0 Å². The molecule has 0 fully saturated rings. The van der Waals surface area contributed by atoms with Gasteiger partial charge in [-0.25, -0.2) is 4.39 Å². The number of hydrogen-bond donors (Lipinski definition) is 1. The Labute approximate surface area is 114 Å². The molecule has 0 aliphatic carbocycles. The van der Waals surface area contributed by atoms with Crippen molar-refractivity contribution >= 4 is 28.9 Å². The largest absolute Gasteiger partial charge is 0.487 e. The molecular weight excluding hydrogens is 276 g/mol. The van der Waals surface area contributed by atoms with E-state index in [4.69, 9.17) is 33.7 Å². The maximum atomic E-state index is 13.1. The minimum absolute atomic E-state index is 0.00510. The van der Waals surface area contributed by atoms with E-state index in [1.54, 1.807) is 12.1 Å². The van der Waals surface area contributed by atoms with Crippen molar-refractivity contribution in [1.82, 2.24) is 0 Å². The van der Waals surface area contributed by atoms with Crippen LogP contribution in [0.3, 0.4) is 0 Å². The molecule has 5 heteroatoms. The monoisotopic (exact) mass is 285 g/mol. The van der Waals surface area contributed by atoms with E-state index in [1.807, 2.05) is 12.1 Å². The van der Waals surface area contributed by atoms with E-state index in [0.717, 1.165) is 11.6 Å². The molecule has 2 aromatic rings. The average Bonchev–Trinajstić information content (AvgIpc) is 2.34. The quantitative estimate of drug-likeness (QED) is 0.854. The average molecular weight is 286 g/mol. The molecule has 0 saturated carbocycles. The number of nitrogen functional groups attached to an aromatic ring is 1. The molecule has 0 aromatic heterocycles. The molecule has 94 valence electrons. The summed E-state index contributed by atoms with van der Waals surface area (Å²) in [5.41, 5.74) is 6.38. The summed E-state index contributed by atoms with van der Waals surface area (Å²) in [5.74, 6) is -0.204. The minimum atomic E-state index is -0.557. The normalized spacial score (nSPS) is 10.4. The molecule has 0 saturated heterocycles. The maximum absolute atomic E-state index is 13.1. The molecule has 18 heavy (non-hydrogen) atoms. The molecular formula is C13H10Cl2FNO. The van der Waals surface area contributed by atoms with E-state index in [2.05, 4.69) is 0 Å². The predicted octanol–water partition coefficient (Wildman–Crippen LogP) is 4.29. The number of hydrogen-bond acceptors (Lipinski definition) is 2. The van der Waals surface area contributed by atoms with Crippen LogP contribution in [0.15, 0.2) is 36.4 Å². The van der Waals surface area contributed by atoms with Crippen LogP contribution >= 0.6 is 23.2 Å². The van der Waals surface area contributed by atoms with Gasteiger partial charge in [-0.1, -0.05) is 35.3 Å². The maximum Gasteiger partial charge on any atom is 0.147 e. The molecule has 0 aliphatic heterocycles. The van der Waals surface area contributed by atoms with Gasteiger partial charge in [0, 0.05) is 11.1 Å². The second-order valence-corrected chi connectivity index (χ2v) is 4.56. The van der Waals surface area contributed by atoms with Crippen LogP contribution < -0.4 is 10.5 Å². The van der Waals surface area contributed by atoms with Crippen molar-refractivity contribution in [2.75, 3.05) is 5.73 Å². The Morgan fingerprint density at radius 2 is 1.78 bits per heavy atom. The minimum Gasteiger partial charge on any atom is -0.487 e. The number of nitrogens with two attached hydrogens (primary N) is 1. The van der Waals surface area contributed by atoms with Crippen LogP contribution in [0.25, 0.3) is 0 Å². The lowest BCUT2D eigenvalue weighted by atomic mass is 10.2. The molecule has 2 aromatic carbocycles. The highest BCUT2D eigenvalue weighted by atomic mass is 35.5. The molecule has 0 spiro atoms. The van der Waals surface area contributed by atoms with Crippen LogP contribution in [0.1, 0.15) is 5.56 Å². The third kappa shape index (κ3) is 3.06. The Morgan fingerprint density at radius 1 is 1.11 bits per heavy atom. The van der Waals surface area contributed by atoms with Gasteiger partial charge in [0.15, 0.2) is 0 Å². The van der Waals surface area contributed by atoms with E-state index in [1.165, 1.54) is 6.07 Å². The number of rotatable bonds is 3. The number of benzene rings is 2. The standard InChI is InChI=1S/C13H10Cl2FNO/c14-9-3-1-8(2-4-9)7-18-13-6-12(17)11(16)5-10(13)15/h1-6H,7,17H2. The highest BCUT2D eigenvalue weighted by molar-refractivity contribution is 6.32. The molecule has 0 unspecified atom stereocenters. The zero-order valence-corrected chi connectivity index (χ0v) is 10.8. The summed E-state index contributed by atoms with van der Waals surface area (Å²) in [6.07, 6.45) is 0. The van der Waals surface area contributed by atoms with Crippen molar-refractivity contribution in [3.63, 3.8) is 0 Å². The van der Waals surface area contributed by atoms with E-state index >= 15 is 0 Å². The first-order chi connectivity index (χ1) is 8.56. The summed E-state index contributed by atoms with van der Waals surface area (Å²) >= 11 is 11.6. The fourth-order valence-electron chi connectivity index (χ4n) is 1.40. The molecule has 0 bridgehead atoms. The van der Waals surface area contributed by atoms with E-state index in [9.17, 15) is 4.39 Å². The van der Waals surface area contributed by atoms with Crippen LogP contribution in [-0.4, -0.2) is 0 Å². The van der Waals surface area contributed by atoms with Gasteiger partial charge in [0.2, 0.25) is 0 Å². The van der Waals surface area contributed by atoms with E-state index in [0.29, 0.717) is 17.4 Å². The van der Waals surface area contributed by atoms with Gasteiger partial charge >= 0.3 is 0 Å².